The van der Waals surface area contributed by atoms with Crippen molar-refractivity contribution >= 4 is 46.1 Å². The lowest BCUT2D eigenvalue weighted by atomic mass is 9.97. The van der Waals surface area contributed by atoms with Crippen molar-refractivity contribution in [3.63, 3.8) is 0 Å². The third-order valence-corrected chi connectivity index (χ3v) is 6.19. The van der Waals surface area contributed by atoms with Crippen LogP contribution in [0.2, 0.25) is 0 Å². The number of nitrogens with one attached hydrogen (secondary N) is 2. The Morgan fingerprint density at radius 3 is 3.00 bits per heavy atom. The summed E-state index contributed by atoms with van der Waals surface area (Å²) in [7, 11) is 0. The molecule has 3 aromatic rings. The second-order valence-electron chi connectivity index (χ2n) is 5.97. The topological polar surface area (TPSA) is 80.1 Å². The lowest BCUT2D eigenvalue weighted by Gasteiger charge is -2.20. The number of piperidine rings is 1. The molecule has 0 spiro atoms. The molecule has 1 aliphatic rings. The number of carbonyl (C=O) groups is 1. The summed E-state index contributed by atoms with van der Waals surface area (Å²) in [6.07, 6.45) is 7.68. The van der Waals surface area contributed by atoms with Gasteiger partial charge in [-0.25, -0.2) is 9.97 Å². The average molecular weight is 411 g/mol. The summed E-state index contributed by atoms with van der Waals surface area (Å²) >= 11 is 3.09. The molecule has 0 unspecified atom stereocenters. The summed E-state index contributed by atoms with van der Waals surface area (Å²) in [4.78, 5) is 22.4. The molecule has 4 rings (SSSR count). The first-order valence-electron chi connectivity index (χ1n) is 8.21. The molecule has 9 heteroatoms. The summed E-state index contributed by atoms with van der Waals surface area (Å²) < 4.78 is 5.07. The molecule has 26 heavy (non-hydrogen) atoms. The summed E-state index contributed by atoms with van der Waals surface area (Å²) in [6.45, 7) is 2.10. The molecular weight excluding hydrogens is 392 g/mol. The fourth-order valence-electron chi connectivity index (χ4n) is 2.87. The first-order chi connectivity index (χ1) is 12.3. The van der Waals surface area contributed by atoms with Gasteiger partial charge in [-0.2, -0.15) is 0 Å². The first-order valence-corrected chi connectivity index (χ1v) is 9.91. The highest BCUT2D eigenvalue weighted by Gasteiger charge is 2.18. The van der Waals surface area contributed by atoms with E-state index in [-0.39, 0.29) is 24.7 Å². The molecule has 1 saturated heterocycles. The van der Waals surface area contributed by atoms with Gasteiger partial charge < -0.3 is 15.1 Å². The van der Waals surface area contributed by atoms with Crippen LogP contribution in [0, 0.1) is 0 Å². The molecule has 4 heterocycles. The van der Waals surface area contributed by atoms with Gasteiger partial charge >= 0.3 is 0 Å². The Balaban J connectivity index is 0.00000196. The predicted molar refractivity (Wildman–Crippen MR) is 106 cm³/mol. The summed E-state index contributed by atoms with van der Waals surface area (Å²) in [6, 6.07) is 1.86. The molecular formula is C17H19ClN4O2S2. The number of nitrogens with zero attached hydrogens (tertiary/aromatic N) is 2. The van der Waals surface area contributed by atoms with E-state index in [1.165, 1.54) is 16.2 Å². The van der Waals surface area contributed by atoms with E-state index >= 15 is 0 Å². The Morgan fingerprint density at radius 1 is 1.38 bits per heavy atom. The molecule has 6 nitrogen and oxygen atoms in total. The Kier molecular flexibility index (Phi) is 6.42. The smallest absolute Gasteiger partial charge is 0.232 e. The third kappa shape index (κ3) is 4.50. The van der Waals surface area contributed by atoms with Crippen LogP contribution in [0.25, 0.3) is 10.6 Å². The predicted octanol–water partition coefficient (Wildman–Crippen LogP) is 3.93. The van der Waals surface area contributed by atoms with Crippen LogP contribution in [0.15, 0.2) is 34.6 Å². The molecule has 0 aliphatic carbocycles. The molecule has 2 N–H and O–H groups in total. The van der Waals surface area contributed by atoms with Gasteiger partial charge in [0.25, 0.3) is 0 Å². The van der Waals surface area contributed by atoms with Crippen LogP contribution < -0.4 is 10.6 Å². The average Bonchev–Trinajstić information content (AvgIpc) is 3.37. The van der Waals surface area contributed by atoms with Crippen molar-refractivity contribution < 1.29 is 9.21 Å². The van der Waals surface area contributed by atoms with Gasteiger partial charge in [-0.15, -0.1) is 35.1 Å². The van der Waals surface area contributed by atoms with E-state index in [9.17, 15) is 4.79 Å². The zero-order valence-electron chi connectivity index (χ0n) is 13.9. The van der Waals surface area contributed by atoms with Crippen LogP contribution in [-0.2, 0) is 11.2 Å². The van der Waals surface area contributed by atoms with Crippen molar-refractivity contribution in [2.75, 3.05) is 18.4 Å². The van der Waals surface area contributed by atoms with Crippen LogP contribution in [-0.4, -0.2) is 29.0 Å². The molecule has 0 aromatic carbocycles. The maximum absolute atomic E-state index is 12.3. The maximum Gasteiger partial charge on any atom is 0.232 e. The highest BCUT2D eigenvalue weighted by atomic mass is 35.5. The van der Waals surface area contributed by atoms with Crippen LogP contribution >= 0.6 is 35.1 Å². The van der Waals surface area contributed by atoms with Crippen molar-refractivity contribution in [1.29, 1.82) is 0 Å². The molecule has 3 aromatic heterocycles. The van der Waals surface area contributed by atoms with Gasteiger partial charge in [0, 0.05) is 22.0 Å². The Morgan fingerprint density at radius 2 is 2.23 bits per heavy atom. The number of hydrogen-bond donors (Lipinski definition) is 2. The van der Waals surface area contributed by atoms with E-state index in [1.807, 2.05) is 17.6 Å². The summed E-state index contributed by atoms with van der Waals surface area (Å²) in [5, 5.41) is 9.70. The number of carbonyl (C=O) groups excluding carboxylic acids is 1. The number of anilines is 1. The molecule has 1 amide bonds. The fraction of sp³-hybridized carbons (Fsp3) is 0.353. The standard InChI is InChI=1S/C17H18N4O2S2.ClH/c22-15(7-13-10-24-16(20-13)12-3-6-23-9-12)21-17-19-8-14(25-17)11-1-4-18-5-2-11;/h3,6,8-11,18H,1-2,4-5,7H2,(H,19,21,22);1H. The zero-order valence-corrected chi connectivity index (χ0v) is 16.4. The van der Waals surface area contributed by atoms with Gasteiger partial charge in [0.1, 0.15) is 11.3 Å². The largest absolute Gasteiger partial charge is 0.472 e. The van der Waals surface area contributed by atoms with Crippen LogP contribution in [0.5, 0.6) is 0 Å². The van der Waals surface area contributed by atoms with Gasteiger partial charge in [-0.1, -0.05) is 0 Å². The van der Waals surface area contributed by atoms with Gasteiger partial charge in [0.05, 0.1) is 18.4 Å². The number of thiazole rings is 2. The summed E-state index contributed by atoms with van der Waals surface area (Å²) in [5.74, 6) is 0.468. The number of furan rings is 1. The first kappa shape index (κ1) is 19.0. The van der Waals surface area contributed by atoms with E-state index in [2.05, 4.69) is 20.6 Å². The van der Waals surface area contributed by atoms with E-state index in [0.717, 1.165) is 42.2 Å². The minimum atomic E-state index is -0.0877. The minimum Gasteiger partial charge on any atom is -0.472 e. The summed E-state index contributed by atoms with van der Waals surface area (Å²) in [5.41, 5.74) is 1.69. The maximum atomic E-state index is 12.3. The number of amides is 1. The van der Waals surface area contributed by atoms with Crippen molar-refractivity contribution in [3.8, 4) is 10.6 Å². The molecule has 0 bridgehead atoms. The van der Waals surface area contributed by atoms with Crippen molar-refractivity contribution in [2.45, 2.75) is 25.2 Å². The lowest BCUT2D eigenvalue weighted by Crippen LogP contribution is -2.26. The lowest BCUT2D eigenvalue weighted by molar-refractivity contribution is -0.115. The van der Waals surface area contributed by atoms with Crippen LogP contribution in [0.4, 0.5) is 5.13 Å². The number of rotatable bonds is 5. The zero-order chi connectivity index (χ0) is 17.1. The highest BCUT2D eigenvalue weighted by molar-refractivity contribution is 7.15. The Labute approximate surface area is 165 Å². The van der Waals surface area contributed by atoms with Crippen molar-refractivity contribution in [1.82, 2.24) is 15.3 Å². The van der Waals surface area contributed by atoms with Crippen molar-refractivity contribution in [2.24, 2.45) is 0 Å². The van der Waals surface area contributed by atoms with Gasteiger partial charge in [0.2, 0.25) is 5.91 Å². The third-order valence-electron chi connectivity index (χ3n) is 4.17. The van der Waals surface area contributed by atoms with Crippen molar-refractivity contribution in [3.05, 3.63) is 40.7 Å². The molecule has 1 aliphatic heterocycles. The quantitative estimate of drug-likeness (QED) is 0.666. The normalized spacial score (nSPS) is 14.8. The van der Waals surface area contributed by atoms with E-state index in [4.69, 9.17) is 4.42 Å². The number of aromatic nitrogens is 2. The highest BCUT2D eigenvalue weighted by Crippen LogP contribution is 2.31. The van der Waals surface area contributed by atoms with Gasteiger partial charge in [-0.3, -0.25) is 4.79 Å². The van der Waals surface area contributed by atoms with Crippen LogP contribution in [0.1, 0.15) is 29.3 Å². The Hall–Kier alpha value is -1.74. The molecule has 0 saturated carbocycles. The van der Waals surface area contributed by atoms with Crippen LogP contribution in [0.3, 0.4) is 0 Å². The molecule has 1 fully saturated rings. The van der Waals surface area contributed by atoms with E-state index in [1.54, 1.807) is 23.9 Å². The van der Waals surface area contributed by atoms with Gasteiger partial charge in [0.15, 0.2) is 5.13 Å². The molecule has 0 atom stereocenters. The molecule has 138 valence electrons. The fourth-order valence-corrected chi connectivity index (χ4v) is 4.68. The monoisotopic (exact) mass is 410 g/mol. The van der Waals surface area contributed by atoms with E-state index in [0.29, 0.717) is 11.0 Å². The second kappa shape index (κ2) is 8.77. The minimum absolute atomic E-state index is 0. The SMILES string of the molecule is Cl.O=C(Cc1csc(-c2ccoc2)n1)Nc1ncc(C2CCNCC2)s1. The molecule has 0 radical (unpaired) electrons. The Bertz CT molecular complexity index is 841. The van der Waals surface area contributed by atoms with E-state index < -0.39 is 0 Å². The number of hydrogen-bond acceptors (Lipinski definition) is 7. The number of halogens is 1. The second-order valence-corrected chi connectivity index (χ2v) is 7.89. The van der Waals surface area contributed by atoms with Gasteiger partial charge in [-0.05, 0) is 37.9 Å².